The van der Waals surface area contributed by atoms with Gasteiger partial charge in [-0.05, 0) is 66.7 Å². The standard InChI is InChI=1S/C28H20ClNO6/c1-34-22-14-9-17(29)16-21(22)26(31)24-25(23-8-5-15-35-23)30(28(33)27(24)32)18-10-12-20(13-11-18)36-19-6-3-2-4-7-19/h2-16,25,31H,1H3/b26-24-. The number of aliphatic hydroxyl groups is 1. The van der Waals surface area contributed by atoms with Gasteiger partial charge in [0, 0.05) is 10.7 Å². The SMILES string of the molecule is COc1ccc(Cl)cc1/C(O)=C1/C(=O)C(=O)N(c2ccc(Oc3ccccc3)cc2)C1c1ccco1. The molecule has 1 saturated heterocycles. The van der Waals surface area contributed by atoms with Crippen LogP contribution in [0.4, 0.5) is 5.69 Å². The van der Waals surface area contributed by atoms with Crippen LogP contribution in [-0.2, 0) is 9.59 Å². The number of furan rings is 1. The lowest BCUT2D eigenvalue weighted by atomic mass is 9.98. The number of ketones is 1. The number of Topliss-reactive ketones (excluding diaryl/α,β-unsaturated/α-hetero) is 1. The van der Waals surface area contributed by atoms with E-state index in [1.165, 1.54) is 24.3 Å². The Morgan fingerprint density at radius 3 is 2.33 bits per heavy atom. The van der Waals surface area contributed by atoms with Crippen LogP contribution in [0.5, 0.6) is 17.2 Å². The van der Waals surface area contributed by atoms with Crippen molar-refractivity contribution in [2.24, 2.45) is 0 Å². The predicted octanol–water partition coefficient (Wildman–Crippen LogP) is 6.36. The lowest BCUT2D eigenvalue weighted by Crippen LogP contribution is -2.29. The maximum absolute atomic E-state index is 13.3. The van der Waals surface area contributed by atoms with Gasteiger partial charge in [-0.2, -0.15) is 0 Å². The molecule has 0 saturated carbocycles. The smallest absolute Gasteiger partial charge is 0.300 e. The first-order chi connectivity index (χ1) is 17.5. The zero-order chi connectivity index (χ0) is 25.2. The van der Waals surface area contributed by atoms with E-state index in [0.29, 0.717) is 33.7 Å². The summed E-state index contributed by atoms with van der Waals surface area (Å²) in [4.78, 5) is 27.8. The van der Waals surface area contributed by atoms with Crippen molar-refractivity contribution in [3.63, 3.8) is 0 Å². The Labute approximate surface area is 211 Å². The van der Waals surface area contributed by atoms with E-state index in [9.17, 15) is 14.7 Å². The van der Waals surface area contributed by atoms with Crippen LogP contribution in [-0.4, -0.2) is 23.9 Å². The van der Waals surface area contributed by atoms with E-state index in [1.54, 1.807) is 48.5 Å². The summed E-state index contributed by atoms with van der Waals surface area (Å²) in [5, 5.41) is 11.6. The van der Waals surface area contributed by atoms with Crippen LogP contribution in [0.15, 0.2) is 101 Å². The fourth-order valence-corrected chi connectivity index (χ4v) is 4.30. The zero-order valence-electron chi connectivity index (χ0n) is 19.1. The molecule has 1 fully saturated rings. The second kappa shape index (κ2) is 9.64. The van der Waals surface area contributed by atoms with Crippen molar-refractivity contribution in [3.05, 3.63) is 113 Å². The average molecular weight is 502 g/mol. The molecule has 1 aliphatic rings. The molecular formula is C28H20ClNO6. The number of hydrogen-bond acceptors (Lipinski definition) is 6. The third kappa shape index (κ3) is 4.21. The van der Waals surface area contributed by atoms with Crippen LogP contribution in [0, 0.1) is 0 Å². The van der Waals surface area contributed by atoms with Gasteiger partial charge in [-0.25, -0.2) is 0 Å². The number of rotatable bonds is 6. The predicted molar refractivity (Wildman–Crippen MR) is 134 cm³/mol. The van der Waals surface area contributed by atoms with Crippen LogP contribution >= 0.6 is 11.6 Å². The van der Waals surface area contributed by atoms with Crippen LogP contribution in [0.3, 0.4) is 0 Å². The van der Waals surface area contributed by atoms with Crippen LogP contribution in [0.25, 0.3) is 5.76 Å². The first kappa shape index (κ1) is 23.3. The second-order valence-electron chi connectivity index (χ2n) is 7.94. The Balaban J connectivity index is 1.59. The topological polar surface area (TPSA) is 89.2 Å². The number of ether oxygens (including phenoxy) is 2. The molecule has 36 heavy (non-hydrogen) atoms. The van der Waals surface area contributed by atoms with E-state index >= 15 is 0 Å². The fraction of sp³-hybridized carbons (Fsp3) is 0.0714. The second-order valence-corrected chi connectivity index (χ2v) is 8.37. The van der Waals surface area contributed by atoms with Crippen LogP contribution in [0.2, 0.25) is 5.02 Å². The molecule has 7 nitrogen and oxygen atoms in total. The van der Waals surface area contributed by atoms with E-state index in [-0.39, 0.29) is 11.1 Å². The molecule has 0 radical (unpaired) electrons. The third-order valence-electron chi connectivity index (χ3n) is 5.77. The number of carbonyl (C=O) groups excluding carboxylic acids is 2. The summed E-state index contributed by atoms with van der Waals surface area (Å²) >= 11 is 6.14. The molecule has 1 aromatic heterocycles. The summed E-state index contributed by atoms with van der Waals surface area (Å²) < 4.78 is 16.8. The molecule has 0 bridgehead atoms. The number of methoxy groups -OCH3 is 1. The summed E-state index contributed by atoms with van der Waals surface area (Å²) in [6.07, 6.45) is 1.44. The maximum atomic E-state index is 13.3. The van der Waals surface area contributed by atoms with Gasteiger partial charge < -0.3 is 19.0 Å². The highest BCUT2D eigenvalue weighted by atomic mass is 35.5. The lowest BCUT2D eigenvalue weighted by molar-refractivity contribution is -0.132. The molecule has 3 aromatic carbocycles. The third-order valence-corrected chi connectivity index (χ3v) is 6.00. The van der Waals surface area contributed by atoms with E-state index in [1.807, 2.05) is 30.3 Å². The Kier molecular flexibility index (Phi) is 6.23. The molecule has 1 aliphatic heterocycles. The molecule has 1 atom stereocenters. The molecule has 1 unspecified atom stereocenters. The van der Waals surface area contributed by atoms with Crippen molar-refractivity contribution < 1.29 is 28.6 Å². The number of amides is 1. The Bertz CT molecular complexity index is 1450. The lowest BCUT2D eigenvalue weighted by Gasteiger charge is -2.23. The largest absolute Gasteiger partial charge is 0.507 e. The van der Waals surface area contributed by atoms with Gasteiger partial charge in [0.1, 0.15) is 34.8 Å². The summed E-state index contributed by atoms with van der Waals surface area (Å²) in [6, 6.07) is 22.9. The molecule has 0 aliphatic carbocycles. The molecule has 8 heteroatoms. The Morgan fingerprint density at radius 2 is 1.67 bits per heavy atom. The molecule has 1 N–H and O–H groups in total. The number of anilines is 1. The molecule has 4 aromatic rings. The van der Waals surface area contributed by atoms with E-state index in [4.69, 9.17) is 25.5 Å². The van der Waals surface area contributed by atoms with Gasteiger partial charge in [0.15, 0.2) is 0 Å². The summed E-state index contributed by atoms with van der Waals surface area (Å²) in [5.74, 6) is -0.265. The van der Waals surface area contributed by atoms with Gasteiger partial charge in [0.25, 0.3) is 11.7 Å². The molecule has 5 rings (SSSR count). The van der Waals surface area contributed by atoms with Crippen molar-refractivity contribution in [1.29, 1.82) is 0 Å². The molecular weight excluding hydrogens is 482 g/mol. The Morgan fingerprint density at radius 1 is 0.944 bits per heavy atom. The number of para-hydroxylation sites is 1. The number of hydrogen-bond donors (Lipinski definition) is 1. The highest BCUT2D eigenvalue weighted by molar-refractivity contribution is 6.51. The normalized spacial score (nSPS) is 16.8. The Hall–Kier alpha value is -4.49. The van der Waals surface area contributed by atoms with Gasteiger partial charge in [-0.1, -0.05) is 29.8 Å². The van der Waals surface area contributed by atoms with Gasteiger partial charge in [-0.15, -0.1) is 0 Å². The first-order valence-electron chi connectivity index (χ1n) is 11.0. The number of carbonyl (C=O) groups is 2. The number of benzene rings is 3. The molecule has 180 valence electrons. The first-order valence-corrected chi connectivity index (χ1v) is 11.4. The number of nitrogens with zero attached hydrogens (tertiary/aromatic N) is 1. The van der Waals surface area contributed by atoms with Crippen molar-refractivity contribution in [1.82, 2.24) is 0 Å². The molecule has 1 amide bonds. The van der Waals surface area contributed by atoms with E-state index in [2.05, 4.69) is 0 Å². The zero-order valence-corrected chi connectivity index (χ0v) is 19.8. The highest BCUT2D eigenvalue weighted by Gasteiger charge is 2.48. The summed E-state index contributed by atoms with van der Waals surface area (Å²) in [5.41, 5.74) is 0.474. The van der Waals surface area contributed by atoms with Gasteiger partial charge in [0.2, 0.25) is 0 Å². The van der Waals surface area contributed by atoms with Crippen molar-refractivity contribution in [3.8, 4) is 17.2 Å². The van der Waals surface area contributed by atoms with Crippen LogP contribution in [0.1, 0.15) is 17.4 Å². The quantitative estimate of drug-likeness (QED) is 0.188. The van der Waals surface area contributed by atoms with E-state index in [0.717, 1.165) is 0 Å². The summed E-state index contributed by atoms with van der Waals surface area (Å²) in [6.45, 7) is 0. The van der Waals surface area contributed by atoms with Crippen molar-refractivity contribution in [2.45, 2.75) is 6.04 Å². The summed E-state index contributed by atoms with van der Waals surface area (Å²) in [7, 11) is 1.43. The minimum Gasteiger partial charge on any atom is -0.507 e. The molecule has 2 heterocycles. The van der Waals surface area contributed by atoms with Crippen molar-refractivity contribution in [2.75, 3.05) is 12.0 Å². The van der Waals surface area contributed by atoms with Gasteiger partial charge in [-0.3, -0.25) is 14.5 Å². The number of halogens is 1. The van der Waals surface area contributed by atoms with Gasteiger partial charge in [0.05, 0.1) is 24.5 Å². The van der Waals surface area contributed by atoms with Crippen molar-refractivity contribution >= 4 is 34.7 Å². The highest BCUT2D eigenvalue weighted by Crippen LogP contribution is 2.44. The number of aliphatic hydroxyl groups excluding tert-OH is 1. The van der Waals surface area contributed by atoms with Gasteiger partial charge >= 0.3 is 0 Å². The average Bonchev–Trinajstić information content (AvgIpc) is 3.52. The minimum absolute atomic E-state index is 0.139. The monoisotopic (exact) mass is 501 g/mol. The minimum atomic E-state index is -1.01. The van der Waals surface area contributed by atoms with E-state index < -0.39 is 23.5 Å². The van der Waals surface area contributed by atoms with Crippen LogP contribution < -0.4 is 14.4 Å². The maximum Gasteiger partial charge on any atom is 0.300 e. The molecule has 0 spiro atoms. The fourth-order valence-electron chi connectivity index (χ4n) is 4.12.